The molecule has 0 aromatic carbocycles. The highest BCUT2D eigenvalue weighted by molar-refractivity contribution is 5.73. The molecule has 0 rings (SSSR count). The fraction of sp³-hybridized carbons (Fsp3) is 0.667. The molecule has 0 aliphatic heterocycles. The zero-order valence-corrected chi connectivity index (χ0v) is 6.29. The zero-order valence-electron chi connectivity index (χ0n) is 6.29. The van der Waals surface area contributed by atoms with E-state index in [-0.39, 0.29) is 19.3 Å². The van der Waals surface area contributed by atoms with Gasteiger partial charge in [-0.3, -0.25) is 9.59 Å². The highest BCUT2D eigenvalue weighted by atomic mass is 19.2. The first-order valence-corrected chi connectivity index (χ1v) is 3.38. The van der Waals surface area contributed by atoms with Crippen LogP contribution in [0.5, 0.6) is 0 Å². The molecule has 5 nitrogen and oxygen atoms in total. The van der Waals surface area contributed by atoms with Crippen LogP contribution in [0, 0.1) is 0 Å². The number of nitrogens with one attached hydrogen (secondary N) is 1. The van der Waals surface area contributed by atoms with Gasteiger partial charge in [0.2, 0.25) is 0 Å². The zero-order chi connectivity index (χ0) is 9.56. The van der Waals surface area contributed by atoms with Gasteiger partial charge in [-0.1, -0.05) is 0 Å². The summed E-state index contributed by atoms with van der Waals surface area (Å²) in [7, 11) is 0. The minimum Gasteiger partial charge on any atom is -0.481 e. The van der Waals surface area contributed by atoms with Gasteiger partial charge < -0.3 is 10.2 Å². The normalized spacial score (nSPS) is 12.4. The topological polar surface area (TPSA) is 86.6 Å². The number of carboxylic acid groups (broad SMARTS) is 2. The molecule has 0 radical (unpaired) electrons. The maximum Gasteiger partial charge on any atom is 0.323 e. The summed E-state index contributed by atoms with van der Waals surface area (Å²) in [6.07, 6.45) is -0.0349. The minimum atomic E-state index is -1.32. The van der Waals surface area contributed by atoms with Crippen LogP contribution in [-0.2, 0) is 9.59 Å². The molecule has 70 valence electrons. The monoisotopic (exact) mass is 179 g/mol. The third kappa shape index (κ3) is 4.62. The van der Waals surface area contributed by atoms with Crippen molar-refractivity contribution in [1.29, 1.82) is 0 Å². The summed E-state index contributed by atoms with van der Waals surface area (Å²) in [5, 5.41) is 16.5. The molecule has 0 saturated heterocycles. The van der Waals surface area contributed by atoms with Gasteiger partial charge in [0.25, 0.3) is 0 Å². The van der Waals surface area contributed by atoms with Crippen molar-refractivity contribution in [2.75, 3.05) is 0 Å². The number of rotatable bonds is 6. The predicted molar refractivity (Wildman–Crippen MR) is 37.2 cm³/mol. The largest absolute Gasteiger partial charge is 0.481 e. The number of aliphatic carboxylic acids is 2. The number of hydrogen-bond acceptors (Lipinski definition) is 3. The summed E-state index contributed by atoms with van der Waals surface area (Å²) < 4.78 is 11.7. The quantitative estimate of drug-likeness (QED) is 0.506. The average Bonchev–Trinajstić information content (AvgIpc) is 1.96. The summed E-state index contributed by atoms with van der Waals surface area (Å²) in [4.78, 5) is 20.1. The van der Waals surface area contributed by atoms with Crippen LogP contribution in [0.2, 0.25) is 0 Å². The van der Waals surface area contributed by atoms with Crippen molar-refractivity contribution in [3.8, 4) is 0 Å². The van der Waals surface area contributed by atoms with E-state index in [0.717, 1.165) is 5.54 Å². The summed E-state index contributed by atoms with van der Waals surface area (Å²) in [6, 6.07) is -1.30. The molecule has 0 bridgehead atoms. The highest BCUT2D eigenvalue weighted by Crippen LogP contribution is 2.01. The first kappa shape index (κ1) is 10.8. The molecule has 0 spiro atoms. The van der Waals surface area contributed by atoms with E-state index < -0.39 is 18.0 Å². The summed E-state index contributed by atoms with van der Waals surface area (Å²) in [5.41, 5.74) is 1.08. The lowest BCUT2D eigenvalue weighted by Crippen LogP contribution is -2.31. The van der Waals surface area contributed by atoms with Crippen molar-refractivity contribution in [1.82, 2.24) is 5.54 Å². The van der Waals surface area contributed by atoms with E-state index in [1.165, 1.54) is 0 Å². The molecule has 0 aromatic heterocycles. The van der Waals surface area contributed by atoms with Crippen LogP contribution in [0.1, 0.15) is 19.3 Å². The van der Waals surface area contributed by atoms with Gasteiger partial charge in [0.1, 0.15) is 6.04 Å². The maximum atomic E-state index is 11.7. The van der Waals surface area contributed by atoms with E-state index in [1.54, 1.807) is 0 Å². The van der Waals surface area contributed by atoms with E-state index in [0.29, 0.717) is 0 Å². The van der Waals surface area contributed by atoms with Crippen LogP contribution in [0.15, 0.2) is 0 Å². The van der Waals surface area contributed by atoms with Gasteiger partial charge >= 0.3 is 11.9 Å². The molecule has 0 saturated carbocycles. The molecule has 0 amide bonds. The fourth-order valence-electron chi connectivity index (χ4n) is 0.682. The van der Waals surface area contributed by atoms with E-state index in [4.69, 9.17) is 10.2 Å². The molecule has 0 aromatic rings. The second-order valence-electron chi connectivity index (χ2n) is 2.29. The Bertz CT molecular complexity index is 173. The number of carboxylic acids is 2. The van der Waals surface area contributed by atoms with Crippen molar-refractivity contribution in [3.63, 3.8) is 0 Å². The highest BCUT2D eigenvalue weighted by Gasteiger charge is 2.16. The maximum absolute atomic E-state index is 11.7. The Kier molecular flexibility index (Phi) is 4.94. The molecule has 12 heavy (non-hydrogen) atoms. The van der Waals surface area contributed by atoms with Crippen LogP contribution in [-0.4, -0.2) is 28.2 Å². The van der Waals surface area contributed by atoms with Crippen LogP contribution in [0.25, 0.3) is 0 Å². The molecule has 1 atom stereocenters. The average molecular weight is 179 g/mol. The van der Waals surface area contributed by atoms with Crippen molar-refractivity contribution < 1.29 is 24.3 Å². The Morgan fingerprint density at radius 3 is 2.33 bits per heavy atom. The number of carbonyl (C=O) groups is 2. The standard InChI is InChI=1S/C6H10FNO4/c7-8-4(6(11)12)2-1-3-5(9)10/h4,8H,1-3H2,(H,9,10)(H,11,12)/t4-/m1/s1. The molecular weight excluding hydrogens is 169 g/mol. The molecule has 0 heterocycles. The second kappa shape index (κ2) is 5.48. The van der Waals surface area contributed by atoms with E-state index in [9.17, 15) is 14.1 Å². The van der Waals surface area contributed by atoms with Crippen LogP contribution in [0.4, 0.5) is 4.48 Å². The van der Waals surface area contributed by atoms with Gasteiger partial charge in [0.15, 0.2) is 0 Å². The third-order valence-corrected chi connectivity index (χ3v) is 1.31. The number of hydrogen-bond donors (Lipinski definition) is 3. The summed E-state index contributed by atoms with van der Waals surface area (Å²) >= 11 is 0. The number of halogens is 1. The van der Waals surface area contributed by atoms with Crippen LogP contribution < -0.4 is 5.54 Å². The fourth-order valence-corrected chi connectivity index (χ4v) is 0.682. The summed E-state index contributed by atoms with van der Waals surface area (Å²) in [6.45, 7) is 0. The van der Waals surface area contributed by atoms with Gasteiger partial charge in [-0.2, -0.15) is 0 Å². The molecule has 0 fully saturated rings. The van der Waals surface area contributed by atoms with Gasteiger partial charge in [0.05, 0.1) is 0 Å². The second-order valence-corrected chi connectivity index (χ2v) is 2.29. The first-order chi connectivity index (χ1) is 5.57. The Labute approximate surface area is 68.1 Å². The van der Waals surface area contributed by atoms with Crippen molar-refractivity contribution in [2.24, 2.45) is 0 Å². The van der Waals surface area contributed by atoms with Crippen molar-refractivity contribution in [3.05, 3.63) is 0 Å². The van der Waals surface area contributed by atoms with Gasteiger partial charge in [-0.25, -0.2) is 0 Å². The molecular formula is C6H10FNO4. The lowest BCUT2D eigenvalue weighted by Gasteiger charge is -2.05. The Morgan fingerprint density at radius 2 is 2.00 bits per heavy atom. The SMILES string of the molecule is O=C(O)CCC[C@@H](NF)C(=O)O. The predicted octanol–water partition coefficient (Wildman–Crippen LogP) is 0.169. The molecule has 3 N–H and O–H groups in total. The molecule has 0 aliphatic carbocycles. The lowest BCUT2D eigenvalue weighted by atomic mass is 10.1. The molecule has 6 heteroatoms. The van der Waals surface area contributed by atoms with E-state index >= 15 is 0 Å². The lowest BCUT2D eigenvalue weighted by molar-refractivity contribution is -0.142. The van der Waals surface area contributed by atoms with E-state index in [1.807, 2.05) is 0 Å². The third-order valence-electron chi connectivity index (χ3n) is 1.31. The van der Waals surface area contributed by atoms with Gasteiger partial charge in [-0.05, 0) is 12.8 Å². The molecule has 0 aliphatic rings. The Balaban J connectivity index is 3.59. The van der Waals surface area contributed by atoms with Gasteiger partial charge in [-0.15, -0.1) is 10.0 Å². The van der Waals surface area contributed by atoms with Crippen molar-refractivity contribution >= 4 is 11.9 Å². The van der Waals surface area contributed by atoms with Gasteiger partial charge in [0, 0.05) is 6.42 Å². The Hall–Kier alpha value is -1.17. The van der Waals surface area contributed by atoms with Crippen molar-refractivity contribution in [2.45, 2.75) is 25.3 Å². The minimum absolute atomic E-state index is 0.0296. The van der Waals surface area contributed by atoms with E-state index in [2.05, 4.69) is 0 Å². The Morgan fingerprint density at radius 1 is 1.42 bits per heavy atom. The van der Waals surface area contributed by atoms with Crippen LogP contribution >= 0.6 is 0 Å². The molecule has 0 unspecified atom stereocenters. The summed E-state index contributed by atoms with van der Waals surface area (Å²) in [5.74, 6) is -2.33. The first-order valence-electron chi connectivity index (χ1n) is 3.38. The smallest absolute Gasteiger partial charge is 0.323 e. The van der Waals surface area contributed by atoms with Crippen LogP contribution in [0.3, 0.4) is 0 Å².